The molecule has 3 rings (SSSR count). The summed E-state index contributed by atoms with van der Waals surface area (Å²) in [5.41, 5.74) is 3.91. The van der Waals surface area contributed by atoms with Gasteiger partial charge in [0, 0.05) is 41.5 Å². The van der Waals surface area contributed by atoms with Crippen LogP contribution in [0.15, 0.2) is 29.5 Å². The summed E-state index contributed by atoms with van der Waals surface area (Å²) >= 11 is 0. The van der Waals surface area contributed by atoms with Gasteiger partial charge in [-0.1, -0.05) is 0 Å². The number of hydrogen-bond donors (Lipinski definition) is 1. The average Bonchev–Trinajstić information content (AvgIpc) is 2.73. The maximum Gasteiger partial charge on any atom is 0.272 e. The number of aromatic nitrogens is 2. The number of hydrazine groups is 1. The second-order valence-corrected chi connectivity index (χ2v) is 8.58. The number of carbonyl (C=O) groups excluding carboxylic acids is 1. The fourth-order valence-electron chi connectivity index (χ4n) is 2.90. The highest BCUT2D eigenvalue weighted by Gasteiger charge is 2.39. The molecule has 0 aromatic carbocycles. The van der Waals surface area contributed by atoms with Crippen molar-refractivity contribution >= 4 is 35.2 Å². The monoisotopic (exact) mass is 487 g/mol. The molecule has 1 fully saturated rings. The minimum absolute atomic E-state index is 0.0504. The number of aldehydes is 1. The molecule has 13 heteroatoms. The van der Waals surface area contributed by atoms with E-state index in [1.807, 2.05) is 6.92 Å². The Kier molecular flexibility index (Phi) is 9.29. The normalized spacial score (nSPS) is 19.1. The van der Waals surface area contributed by atoms with Crippen molar-refractivity contribution in [3.63, 3.8) is 0 Å². The van der Waals surface area contributed by atoms with Gasteiger partial charge in [0.25, 0.3) is 12.3 Å². The molecular formula is C20H24F3N5O4S. The fourth-order valence-corrected chi connectivity index (χ4v) is 4.37. The van der Waals surface area contributed by atoms with Crippen LogP contribution in [0.25, 0.3) is 0 Å². The van der Waals surface area contributed by atoms with Crippen molar-refractivity contribution in [3.8, 4) is 17.5 Å². The number of carbonyl (C=O) groups is 1. The molecule has 0 amide bonds. The number of aliphatic imine (C=N–C) groups is 1. The first-order valence-electron chi connectivity index (χ1n) is 9.58. The highest BCUT2D eigenvalue weighted by molar-refractivity contribution is 7.86. The van der Waals surface area contributed by atoms with E-state index in [4.69, 9.17) is 14.3 Å². The number of pyridine rings is 2. The molecule has 0 atom stereocenters. The molecule has 0 aliphatic carbocycles. The lowest BCUT2D eigenvalue weighted by molar-refractivity contribution is -0.106. The summed E-state index contributed by atoms with van der Waals surface area (Å²) in [6.07, 6.45) is 0.280. The van der Waals surface area contributed by atoms with E-state index in [1.54, 1.807) is 12.1 Å². The molecule has 0 saturated carbocycles. The van der Waals surface area contributed by atoms with Gasteiger partial charge in [0.1, 0.15) is 24.4 Å². The molecule has 1 saturated heterocycles. The first-order valence-corrected chi connectivity index (χ1v) is 11.1. The minimum Gasteiger partial charge on any atom is -0.482 e. The summed E-state index contributed by atoms with van der Waals surface area (Å²) in [6, 6.07) is 2.43. The molecule has 0 bridgehead atoms. The maximum atomic E-state index is 13.4. The fraction of sp³-hybridized carbons (Fsp3) is 0.400. The van der Waals surface area contributed by atoms with E-state index in [2.05, 4.69) is 27.1 Å². The average molecular weight is 488 g/mol. The quantitative estimate of drug-likeness (QED) is 0.327. The molecule has 2 aromatic rings. The second kappa shape index (κ2) is 11.7. The van der Waals surface area contributed by atoms with Crippen molar-refractivity contribution in [3.05, 3.63) is 30.3 Å². The molecule has 0 radical (unpaired) electrons. The Labute approximate surface area is 191 Å². The predicted molar refractivity (Wildman–Crippen MR) is 119 cm³/mol. The van der Waals surface area contributed by atoms with Crippen LogP contribution in [0.1, 0.15) is 13.8 Å². The van der Waals surface area contributed by atoms with Gasteiger partial charge >= 0.3 is 0 Å². The molecule has 0 unspecified atom stereocenters. The summed E-state index contributed by atoms with van der Waals surface area (Å²) in [5.74, 6) is -0.192. The second-order valence-electron chi connectivity index (χ2n) is 7.13. The van der Waals surface area contributed by atoms with Crippen molar-refractivity contribution in [1.82, 2.24) is 15.4 Å². The van der Waals surface area contributed by atoms with Gasteiger partial charge in [0.2, 0.25) is 5.88 Å². The lowest BCUT2D eigenvalue weighted by atomic mass is 10.1. The van der Waals surface area contributed by atoms with Crippen molar-refractivity contribution < 1.29 is 31.6 Å². The molecule has 1 aliphatic heterocycles. The van der Waals surface area contributed by atoms with Crippen LogP contribution in [0.4, 0.5) is 24.5 Å². The number of ether oxygens (including phenoxy) is 2. The van der Waals surface area contributed by atoms with Gasteiger partial charge in [-0.05, 0) is 20.6 Å². The lowest BCUT2D eigenvalue weighted by Crippen LogP contribution is -2.64. The van der Waals surface area contributed by atoms with Gasteiger partial charge < -0.3 is 19.3 Å². The van der Waals surface area contributed by atoms with E-state index in [1.165, 1.54) is 19.2 Å². The molecule has 0 spiro atoms. The zero-order valence-electron chi connectivity index (χ0n) is 18.3. The van der Waals surface area contributed by atoms with Crippen LogP contribution in [0.3, 0.4) is 0 Å². The molecule has 33 heavy (non-hydrogen) atoms. The van der Waals surface area contributed by atoms with Crippen LogP contribution in [0, 0.1) is 5.82 Å². The Morgan fingerprint density at radius 2 is 2.03 bits per heavy atom. The Morgan fingerprint density at radius 3 is 2.61 bits per heavy atom. The smallest absolute Gasteiger partial charge is 0.272 e. The van der Waals surface area contributed by atoms with Crippen LogP contribution < -0.4 is 19.9 Å². The Hall–Kier alpha value is -3.06. The largest absolute Gasteiger partial charge is 0.482 e. The first-order chi connectivity index (χ1) is 15.6. The lowest BCUT2D eigenvalue weighted by Gasteiger charge is -2.41. The van der Waals surface area contributed by atoms with E-state index in [0.29, 0.717) is 22.9 Å². The van der Waals surface area contributed by atoms with E-state index < -0.39 is 29.6 Å². The van der Waals surface area contributed by atoms with Gasteiger partial charge in [0.05, 0.1) is 23.6 Å². The number of hydrogen-bond acceptors (Lipinski definition) is 9. The topological polar surface area (TPSA) is 106 Å². The van der Waals surface area contributed by atoms with E-state index in [-0.39, 0.29) is 23.0 Å². The standard InChI is InChI=1S/C18H20F3N5O3S.C2H4O/c1-18(9-30(27)10-18)25-26(3)13-5-16(23-7-12(13)22-2)29-17-14(28-8-15(20)21)4-11(19)6-24-17;1-2-3/h4-7,15,25H,2,8-10H2,1,3H3;2H,1H3. The van der Waals surface area contributed by atoms with Crippen molar-refractivity contribution in [2.24, 2.45) is 4.99 Å². The van der Waals surface area contributed by atoms with Crippen LogP contribution in [-0.4, -0.2) is 64.3 Å². The third-order valence-electron chi connectivity index (χ3n) is 4.12. The zero-order chi connectivity index (χ0) is 24.6. The Bertz CT molecular complexity index is 1000. The van der Waals surface area contributed by atoms with Crippen LogP contribution in [-0.2, 0) is 15.6 Å². The number of alkyl halides is 2. The molecule has 9 nitrogen and oxygen atoms in total. The number of nitrogens with zero attached hydrogens (tertiary/aromatic N) is 4. The summed E-state index contributed by atoms with van der Waals surface area (Å²) in [5, 5.41) is 1.68. The molecule has 3 heterocycles. The molecule has 180 valence electrons. The Morgan fingerprint density at radius 1 is 1.36 bits per heavy atom. The van der Waals surface area contributed by atoms with Crippen LogP contribution in [0.2, 0.25) is 0 Å². The van der Waals surface area contributed by atoms with E-state index in [9.17, 15) is 17.4 Å². The summed E-state index contributed by atoms with van der Waals surface area (Å²) in [7, 11) is 0.893. The summed E-state index contributed by atoms with van der Waals surface area (Å²) in [4.78, 5) is 20.6. The number of rotatable bonds is 9. The van der Waals surface area contributed by atoms with Gasteiger partial charge in [0.15, 0.2) is 5.75 Å². The maximum absolute atomic E-state index is 13.4. The number of nitrogens with one attached hydrogen (secondary N) is 1. The van der Waals surface area contributed by atoms with Gasteiger partial charge in [-0.15, -0.1) is 0 Å². The SMILES string of the molecule is C=Nc1cnc(Oc2ncc(F)cc2OCC(F)F)cc1N(C)NC1(C)CS(=O)C1.CC=O. The predicted octanol–water partition coefficient (Wildman–Crippen LogP) is 3.05. The molecule has 1 N–H and O–H groups in total. The number of anilines is 1. The first kappa shape index (κ1) is 26.2. The summed E-state index contributed by atoms with van der Waals surface area (Å²) < 4.78 is 60.3. The zero-order valence-corrected chi connectivity index (χ0v) is 19.1. The van der Waals surface area contributed by atoms with Crippen molar-refractivity contribution in [1.29, 1.82) is 0 Å². The molecule has 1 aliphatic rings. The third-order valence-corrected chi connectivity index (χ3v) is 6.03. The Balaban J connectivity index is 0.00000122. The molecular weight excluding hydrogens is 463 g/mol. The van der Waals surface area contributed by atoms with Gasteiger partial charge in [-0.25, -0.2) is 28.6 Å². The van der Waals surface area contributed by atoms with Gasteiger partial charge in [-0.3, -0.25) is 9.20 Å². The van der Waals surface area contributed by atoms with Crippen molar-refractivity contribution in [2.75, 3.05) is 30.2 Å². The highest BCUT2D eigenvalue weighted by Crippen LogP contribution is 2.34. The van der Waals surface area contributed by atoms with Gasteiger partial charge in [-0.2, -0.15) is 0 Å². The third kappa shape index (κ3) is 7.49. The summed E-state index contributed by atoms with van der Waals surface area (Å²) in [6.45, 7) is 5.97. The number of halogens is 3. The van der Waals surface area contributed by atoms with Crippen LogP contribution >= 0.6 is 0 Å². The minimum atomic E-state index is -2.74. The van der Waals surface area contributed by atoms with E-state index >= 15 is 0 Å². The van der Waals surface area contributed by atoms with Crippen molar-refractivity contribution in [2.45, 2.75) is 25.8 Å². The van der Waals surface area contributed by atoms with E-state index in [0.717, 1.165) is 18.5 Å². The molecule has 2 aromatic heterocycles. The van der Waals surface area contributed by atoms with Crippen LogP contribution in [0.5, 0.6) is 17.5 Å². The highest BCUT2D eigenvalue weighted by atomic mass is 32.2.